The highest BCUT2D eigenvalue weighted by molar-refractivity contribution is 6.32. The van der Waals surface area contributed by atoms with Gasteiger partial charge < -0.3 is 16.4 Å². The Labute approximate surface area is 136 Å². The zero-order valence-electron chi connectivity index (χ0n) is 12.3. The maximum absolute atomic E-state index is 12.5. The summed E-state index contributed by atoms with van der Waals surface area (Å²) < 4.78 is 37.5. The molecular formula is C14H18ClF3N4O. The van der Waals surface area contributed by atoms with Crippen LogP contribution in [0, 0.1) is 5.92 Å². The molecule has 1 heterocycles. The number of nitrogens with zero attached hydrogens (tertiary/aromatic N) is 1. The van der Waals surface area contributed by atoms with Gasteiger partial charge in [0.15, 0.2) is 0 Å². The molecule has 1 aromatic heterocycles. The summed E-state index contributed by atoms with van der Waals surface area (Å²) in [4.78, 5) is 15.4. The summed E-state index contributed by atoms with van der Waals surface area (Å²) in [7, 11) is 0. The molecule has 4 N–H and O–H groups in total. The van der Waals surface area contributed by atoms with Crippen LogP contribution < -0.4 is 16.4 Å². The second-order valence-electron chi connectivity index (χ2n) is 5.48. The minimum Gasteiger partial charge on any atom is -0.368 e. The number of carbonyl (C=O) groups is 1. The van der Waals surface area contributed by atoms with Crippen molar-refractivity contribution in [2.75, 3.05) is 18.4 Å². The Morgan fingerprint density at radius 3 is 2.70 bits per heavy atom. The molecule has 0 spiro atoms. The normalized spacial score (nSPS) is 16.0. The van der Waals surface area contributed by atoms with Crippen LogP contribution in [0.15, 0.2) is 12.3 Å². The molecule has 1 amide bonds. The standard InChI is InChI=1S/C14H18ClF3N4O/c15-10-5-9(14(16,17)18)7-21-13(10)20-4-3-12(23)22-11(6-19)8-1-2-8/h5,7-8,11H,1-4,6,19H2,(H,20,21)(H,22,23). The molecule has 0 saturated heterocycles. The van der Waals surface area contributed by atoms with Gasteiger partial charge in [0, 0.05) is 31.7 Å². The third-order valence-electron chi connectivity index (χ3n) is 3.60. The quantitative estimate of drug-likeness (QED) is 0.705. The highest BCUT2D eigenvalue weighted by atomic mass is 35.5. The number of rotatable bonds is 7. The van der Waals surface area contributed by atoms with Crippen molar-refractivity contribution in [2.45, 2.75) is 31.5 Å². The van der Waals surface area contributed by atoms with Crippen molar-refractivity contribution in [3.8, 4) is 0 Å². The van der Waals surface area contributed by atoms with E-state index in [0.29, 0.717) is 18.7 Å². The smallest absolute Gasteiger partial charge is 0.368 e. The summed E-state index contributed by atoms with van der Waals surface area (Å²) in [6.07, 6.45) is -1.49. The summed E-state index contributed by atoms with van der Waals surface area (Å²) in [6, 6.07) is 0.796. The van der Waals surface area contributed by atoms with Crippen LogP contribution in [0.4, 0.5) is 19.0 Å². The number of alkyl halides is 3. The number of amides is 1. The Kier molecular flexibility index (Phi) is 5.69. The lowest BCUT2D eigenvalue weighted by molar-refractivity contribution is -0.137. The van der Waals surface area contributed by atoms with Crippen LogP contribution in [0.1, 0.15) is 24.8 Å². The monoisotopic (exact) mass is 350 g/mol. The highest BCUT2D eigenvalue weighted by Gasteiger charge is 2.32. The molecule has 1 unspecified atom stereocenters. The van der Waals surface area contributed by atoms with Crippen molar-refractivity contribution in [2.24, 2.45) is 11.7 Å². The van der Waals surface area contributed by atoms with E-state index < -0.39 is 11.7 Å². The molecule has 0 aliphatic heterocycles. The van der Waals surface area contributed by atoms with Crippen LogP contribution in [0.2, 0.25) is 5.02 Å². The molecule has 0 bridgehead atoms. The van der Waals surface area contributed by atoms with E-state index in [1.165, 1.54) is 0 Å². The van der Waals surface area contributed by atoms with E-state index in [9.17, 15) is 18.0 Å². The van der Waals surface area contributed by atoms with Crippen LogP contribution in [-0.4, -0.2) is 30.0 Å². The van der Waals surface area contributed by atoms with Gasteiger partial charge >= 0.3 is 6.18 Å². The fraction of sp³-hybridized carbons (Fsp3) is 0.571. The number of carbonyl (C=O) groups excluding carboxylic acids is 1. The van der Waals surface area contributed by atoms with Crippen LogP contribution in [-0.2, 0) is 11.0 Å². The van der Waals surface area contributed by atoms with E-state index in [4.69, 9.17) is 17.3 Å². The second-order valence-corrected chi connectivity index (χ2v) is 5.88. The van der Waals surface area contributed by atoms with Crippen molar-refractivity contribution in [1.29, 1.82) is 0 Å². The Morgan fingerprint density at radius 2 is 2.17 bits per heavy atom. The number of hydrogen-bond donors (Lipinski definition) is 3. The molecule has 9 heteroatoms. The van der Waals surface area contributed by atoms with Crippen LogP contribution in [0.25, 0.3) is 0 Å². The number of halogens is 4. The van der Waals surface area contributed by atoms with Crippen LogP contribution >= 0.6 is 11.6 Å². The predicted octanol–water partition coefficient (Wildman–Crippen LogP) is 2.41. The molecule has 1 aliphatic rings. The molecule has 23 heavy (non-hydrogen) atoms. The van der Waals surface area contributed by atoms with E-state index in [0.717, 1.165) is 18.9 Å². The summed E-state index contributed by atoms with van der Waals surface area (Å²) in [5, 5.41) is 5.47. The number of pyridine rings is 1. The molecule has 1 atom stereocenters. The van der Waals surface area contributed by atoms with Gasteiger partial charge in [-0.3, -0.25) is 4.79 Å². The summed E-state index contributed by atoms with van der Waals surface area (Å²) in [5.74, 6) is 0.413. The van der Waals surface area contributed by atoms with Gasteiger partial charge in [-0.2, -0.15) is 13.2 Å². The third kappa shape index (κ3) is 5.24. The SMILES string of the molecule is NCC(NC(=O)CCNc1ncc(C(F)(F)F)cc1Cl)C1CC1. The Balaban J connectivity index is 1.80. The number of aromatic nitrogens is 1. The van der Waals surface area contributed by atoms with Crippen molar-refractivity contribution in [1.82, 2.24) is 10.3 Å². The minimum absolute atomic E-state index is 0.00437. The van der Waals surface area contributed by atoms with Crippen molar-refractivity contribution in [3.05, 3.63) is 22.8 Å². The Morgan fingerprint density at radius 1 is 1.48 bits per heavy atom. The van der Waals surface area contributed by atoms with Crippen molar-refractivity contribution < 1.29 is 18.0 Å². The van der Waals surface area contributed by atoms with Gasteiger partial charge in [0.2, 0.25) is 5.91 Å². The zero-order chi connectivity index (χ0) is 17.0. The minimum atomic E-state index is -4.49. The summed E-state index contributed by atoms with van der Waals surface area (Å²) >= 11 is 5.77. The molecule has 0 aromatic carbocycles. The van der Waals surface area contributed by atoms with E-state index in [1.807, 2.05) is 0 Å². The molecule has 5 nitrogen and oxygen atoms in total. The van der Waals surface area contributed by atoms with Gasteiger partial charge in [0.05, 0.1) is 10.6 Å². The van der Waals surface area contributed by atoms with Gasteiger partial charge in [0.25, 0.3) is 0 Å². The lowest BCUT2D eigenvalue weighted by Gasteiger charge is -2.16. The third-order valence-corrected chi connectivity index (χ3v) is 3.89. The fourth-order valence-corrected chi connectivity index (χ4v) is 2.40. The Hall–Kier alpha value is -1.54. The van der Waals surface area contributed by atoms with Gasteiger partial charge in [-0.05, 0) is 24.8 Å². The fourth-order valence-electron chi connectivity index (χ4n) is 2.16. The summed E-state index contributed by atoms with van der Waals surface area (Å²) in [5.41, 5.74) is 4.69. The first-order valence-electron chi connectivity index (χ1n) is 7.27. The maximum atomic E-state index is 12.5. The van der Waals surface area contributed by atoms with Gasteiger partial charge in [-0.25, -0.2) is 4.98 Å². The average Bonchev–Trinajstić information content (AvgIpc) is 3.30. The van der Waals surface area contributed by atoms with E-state index >= 15 is 0 Å². The zero-order valence-corrected chi connectivity index (χ0v) is 13.0. The molecule has 1 saturated carbocycles. The van der Waals surface area contributed by atoms with Crippen LogP contribution in [0.3, 0.4) is 0 Å². The van der Waals surface area contributed by atoms with Crippen molar-refractivity contribution >= 4 is 23.3 Å². The lowest BCUT2D eigenvalue weighted by atomic mass is 10.2. The number of nitrogens with one attached hydrogen (secondary N) is 2. The topological polar surface area (TPSA) is 80.0 Å². The first-order valence-corrected chi connectivity index (χ1v) is 7.65. The van der Waals surface area contributed by atoms with Gasteiger partial charge in [-0.15, -0.1) is 0 Å². The van der Waals surface area contributed by atoms with Crippen molar-refractivity contribution in [3.63, 3.8) is 0 Å². The maximum Gasteiger partial charge on any atom is 0.417 e. The van der Waals surface area contributed by atoms with E-state index in [-0.39, 0.29) is 35.8 Å². The second kappa shape index (κ2) is 7.35. The predicted molar refractivity (Wildman–Crippen MR) is 81.1 cm³/mol. The number of anilines is 1. The summed E-state index contributed by atoms with van der Waals surface area (Å²) in [6.45, 7) is 0.613. The number of hydrogen-bond acceptors (Lipinski definition) is 4. The molecular weight excluding hydrogens is 333 g/mol. The van der Waals surface area contributed by atoms with E-state index in [1.54, 1.807) is 0 Å². The van der Waals surface area contributed by atoms with E-state index in [2.05, 4.69) is 15.6 Å². The molecule has 1 aliphatic carbocycles. The molecule has 128 valence electrons. The van der Waals surface area contributed by atoms with Gasteiger partial charge in [-0.1, -0.05) is 11.6 Å². The molecule has 2 rings (SSSR count). The first-order chi connectivity index (χ1) is 10.8. The first kappa shape index (κ1) is 17.8. The van der Waals surface area contributed by atoms with Crippen LogP contribution in [0.5, 0.6) is 0 Å². The largest absolute Gasteiger partial charge is 0.417 e. The molecule has 1 aromatic rings. The highest BCUT2D eigenvalue weighted by Crippen LogP contribution is 2.33. The van der Waals surface area contributed by atoms with Gasteiger partial charge in [0.1, 0.15) is 5.82 Å². The Bertz CT molecular complexity index is 563. The average molecular weight is 351 g/mol. The molecule has 1 fully saturated rings. The number of nitrogens with two attached hydrogens (primary N) is 1. The molecule has 0 radical (unpaired) electrons. The lowest BCUT2D eigenvalue weighted by Crippen LogP contribution is -2.42.